The molecule has 2 N–H and O–H groups in total. The molecular weight excluding hydrogens is 267 g/mol. The maximum Gasteiger partial charge on any atom is 0.407 e. The van der Waals surface area contributed by atoms with E-state index in [-0.39, 0.29) is 12.1 Å². The molecule has 1 fully saturated rings. The molecular formula is C15H20F3NO. The van der Waals surface area contributed by atoms with Gasteiger partial charge in [0.15, 0.2) is 0 Å². The fourth-order valence-electron chi connectivity index (χ4n) is 2.75. The molecule has 0 spiro atoms. The predicted octanol–water partition coefficient (Wildman–Crippen LogP) is 3.57. The average Bonchev–Trinajstić information content (AvgIpc) is 2.39. The van der Waals surface area contributed by atoms with Crippen molar-refractivity contribution in [1.82, 2.24) is 5.32 Å². The van der Waals surface area contributed by atoms with Crippen LogP contribution in [-0.2, 0) is 0 Å². The van der Waals surface area contributed by atoms with E-state index < -0.39 is 17.8 Å². The van der Waals surface area contributed by atoms with Crippen molar-refractivity contribution >= 4 is 0 Å². The average molecular weight is 287 g/mol. The summed E-state index contributed by atoms with van der Waals surface area (Å²) in [6, 6.07) is 6.04. The van der Waals surface area contributed by atoms with E-state index >= 15 is 0 Å². The molecule has 5 heteroatoms. The zero-order chi connectivity index (χ0) is 14.6. The van der Waals surface area contributed by atoms with Crippen LogP contribution < -0.4 is 5.32 Å². The molecule has 1 aromatic carbocycles. The van der Waals surface area contributed by atoms with Gasteiger partial charge >= 0.3 is 6.18 Å². The molecule has 0 aliphatic heterocycles. The lowest BCUT2D eigenvalue weighted by atomic mass is 9.84. The highest BCUT2D eigenvalue weighted by molar-refractivity contribution is 5.20. The molecule has 1 saturated carbocycles. The Hall–Kier alpha value is -1.07. The normalized spacial score (nSPS) is 20.6. The molecule has 1 aromatic rings. The van der Waals surface area contributed by atoms with Gasteiger partial charge in [0.2, 0.25) is 0 Å². The van der Waals surface area contributed by atoms with Crippen LogP contribution in [0, 0.1) is 0 Å². The number of hydrogen-bond acceptors (Lipinski definition) is 2. The van der Waals surface area contributed by atoms with Gasteiger partial charge in [0, 0.05) is 6.54 Å². The third-order valence-electron chi connectivity index (χ3n) is 3.88. The summed E-state index contributed by atoms with van der Waals surface area (Å²) >= 11 is 0. The van der Waals surface area contributed by atoms with E-state index in [9.17, 15) is 18.3 Å². The molecule has 0 amide bonds. The second kappa shape index (κ2) is 6.14. The van der Waals surface area contributed by atoms with Gasteiger partial charge in [0.1, 0.15) is 6.04 Å². The zero-order valence-corrected chi connectivity index (χ0v) is 11.3. The Morgan fingerprint density at radius 2 is 1.70 bits per heavy atom. The number of alkyl halides is 3. The third-order valence-corrected chi connectivity index (χ3v) is 3.88. The van der Waals surface area contributed by atoms with Crippen LogP contribution in [0.1, 0.15) is 43.7 Å². The van der Waals surface area contributed by atoms with Crippen molar-refractivity contribution in [3.05, 3.63) is 35.9 Å². The largest absolute Gasteiger partial charge is 0.407 e. The third kappa shape index (κ3) is 3.96. The first-order valence-corrected chi connectivity index (χ1v) is 6.98. The van der Waals surface area contributed by atoms with Gasteiger partial charge in [-0.05, 0) is 18.4 Å². The predicted molar refractivity (Wildman–Crippen MR) is 71.3 cm³/mol. The molecule has 1 atom stereocenters. The van der Waals surface area contributed by atoms with Gasteiger partial charge in [-0.25, -0.2) is 0 Å². The second-order valence-corrected chi connectivity index (χ2v) is 5.55. The van der Waals surface area contributed by atoms with Crippen LogP contribution in [0.3, 0.4) is 0 Å². The molecule has 2 nitrogen and oxygen atoms in total. The van der Waals surface area contributed by atoms with Gasteiger partial charge in [0.05, 0.1) is 5.60 Å². The van der Waals surface area contributed by atoms with Crippen LogP contribution in [-0.4, -0.2) is 23.4 Å². The Labute approximate surface area is 117 Å². The van der Waals surface area contributed by atoms with Gasteiger partial charge in [-0.15, -0.1) is 0 Å². The second-order valence-electron chi connectivity index (χ2n) is 5.55. The van der Waals surface area contributed by atoms with E-state index in [4.69, 9.17) is 0 Å². The summed E-state index contributed by atoms with van der Waals surface area (Å²) in [4.78, 5) is 0. The number of nitrogens with one attached hydrogen (secondary N) is 1. The van der Waals surface area contributed by atoms with Crippen LogP contribution in [0.2, 0.25) is 0 Å². The molecule has 1 unspecified atom stereocenters. The molecule has 0 bridgehead atoms. The molecule has 1 aliphatic rings. The summed E-state index contributed by atoms with van der Waals surface area (Å²) in [6.45, 7) is -0.0218. The first kappa shape index (κ1) is 15.3. The van der Waals surface area contributed by atoms with Crippen molar-refractivity contribution in [1.29, 1.82) is 0 Å². The summed E-state index contributed by atoms with van der Waals surface area (Å²) < 4.78 is 39.4. The van der Waals surface area contributed by atoms with E-state index in [1.165, 1.54) is 12.1 Å². The maximum absolute atomic E-state index is 13.1. The smallest absolute Gasteiger partial charge is 0.389 e. The maximum atomic E-state index is 13.1. The highest BCUT2D eigenvalue weighted by Crippen LogP contribution is 2.34. The van der Waals surface area contributed by atoms with E-state index in [1.807, 2.05) is 0 Å². The van der Waals surface area contributed by atoms with E-state index in [0.717, 1.165) is 19.3 Å². The summed E-state index contributed by atoms with van der Waals surface area (Å²) in [5, 5.41) is 12.8. The number of benzene rings is 1. The van der Waals surface area contributed by atoms with Gasteiger partial charge in [-0.3, -0.25) is 5.32 Å². The SMILES string of the molecule is OC1(CNC(c2ccccc2)C(F)(F)F)CCCCC1. The van der Waals surface area contributed by atoms with E-state index in [1.54, 1.807) is 18.2 Å². The first-order valence-electron chi connectivity index (χ1n) is 6.98. The lowest BCUT2D eigenvalue weighted by Crippen LogP contribution is -2.46. The topological polar surface area (TPSA) is 32.3 Å². The van der Waals surface area contributed by atoms with Crippen molar-refractivity contribution in [2.24, 2.45) is 0 Å². The Kier molecular flexibility index (Phi) is 4.70. The molecule has 0 saturated heterocycles. The van der Waals surface area contributed by atoms with Crippen molar-refractivity contribution < 1.29 is 18.3 Å². The Morgan fingerprint density at radius 3 is 2.25 bits per heavy atom. The molecule has 1 aliphatic carbocycles. The van der Waals surface area contributed by atoms with Crippen LogP contribution in [0.4, 0.5) is 13.2 Å². The van der Waals surface area contributed by atoms with Crippen molar-refractivity contribution in [3.8, 4) is 0 Å². The monoisotopic (exact) mass is 287 g/mol. The molecule has 0 radical (unpaired) electrons. The van der Waals surface area contributed by atoms with E-state index in [0.29, 0.717) is 12.8 Å². The number of rotatable bonds is 4. The minimum atomic E-state index is -4.37. The minimum absolute atomic E-state index is 0.0218. The Balaban J connectivity index is 2.06. The number of aliphatic hydroxyl groups is 1. The lowest BCUT2D eigenvalue weighted by molar-refractivity contribution is -0.160. The fourth-order valence-corrected chi connectivity index (χ4v) is 2.75. The standard InChI is InChI=1S/C15H20F3NO/c16-15(17,18)13(12-7-3-1-4-8-12)19-11-14(20)9-5-2-6-10-14/h1,3-4,7-8,13,19-20H,2,5-6,9-11H2. The number of hydrogen-bond donors (Lipinski definition) is 2. The fraction of sp³-hybridized carbons (Fsp3) is 0.600. The quantitative estimate of drug-likeness (QED) is 0.887. The molecule has 2 rings (SSSR count). The van der Waals surface area contributed by atoms with Crippen molar-refractivity contribution in [2.45, 2.75) is 49.9 Å². The van der Waals surface area contributed by atoms with Crippen LogP contribution in [0.5, 0.6) is 0 Å². The Morgan fingerprint density at radius 1 is 1.10 bits per heavy atom. The van der Waals surface area contributed by atoms with Crippen molar-refractivity contribution in [3.63, 3.8) is 0 Å². The number of halogens is 3. The summed E-state index contributed by atoms with van der Waals surface area (Å²) in [6.07, 6.45) is -0.435. The van der Waals surface area contributed by atoms with E-state index in [2.05, 4.69) is 5.32 Å². The molecule has 0 aromatic heterocycles. The molecule has 112 valence electrons. The van der Waals surface area contributed by atoms with Gasteiger partial charge in [-0.1, -0.05) is 49.6 Å². The lowest BCUT2D eigenvalue weighted by Gasteiger charge is -2.34. The van der Waals surface area contributed by atoms with Crippen LogP contribution in [0.25, 0.3) is 0 Å². The Bertz CT molecular complexity index is 413. The minimum Gasteiger partial charge on any atom is -0.389 e. The van der Waals surface area contributed by atoms with Crippen LogP contribution >= 0.6 is 0 Å². The van der Waals surface area contributed by atoms with Gasteiger partial charge in [0.25, 0.3) is 0 Å². The summed E-state index contributed by atoms with van der Waals surface area (Å²) in [5.41, 5.74) is -0.823. The summed E-state index contributed by atoms with van der Waals surface area (Å²) in [7, 11) is 0. The highest BCUT2D eigenvalue weighted by Gasteiger charge is 2.42. The first-order chi connectivity index (χ1) is 9.41. The molecule has 20 heavy (non-hydrogen) atoms. The van der Waals surface area contributed by atoms with Gasteiger partial charge in [-0.2, -0.15) is 13.2 Å². The summed E-state index contributed by atoms with van der Waals surface area (Å²) in [5.74, 6) is 0. The zero-order valence-electron chi connectivity index (χ0n) is 11.3. The van der Waals surface area contributed by atoms with Crippen molar-refractivity contribution in [2.75, 3.05) is 6.54 Å². The van der Waals surface area contributed by atoms with Crippen LogP contribution in [0.15, 0.2) is 30.3 Å². The van der Waals surface area contributed by atoms with Gasteiger partial charge < -0.3 is 5.11 Å². The highest BCUT2D eigenvalue weighted by atomic mass is 19.4. The molecule has 0 heterocycles.